The summed E-state index contributed by atoms with van der Waals surface area (Å²) in [6.07, 6.45) is 3.58. The predicted octanol–water partition coefficient (Wildman–Crippen LogP) is 2.67. The third-order valence-electron chi connectivity index (χ3n) is 3.19. The van der Waals surface area contributed by atoms with E-state index in [9.17, 15) is 0 Å². The molecule has 1 atom stereocenters. The second-order valence-electron chi connectivity index (χ2n) is 4.29. The fourth-order valence-electron chi connectivity index (χ4n) is 1.97. The average molecular weight is 205 g/mol. The van der Waals surface area contributed by atoms with E-state index >= 15 is 0 Å². The summed E-state index contributed by atoms with van der Waals surface area (Å²) in [4.78, 5) is 0. The van der Waals surface area contributed by atoms with Crippen molar-refractivity contribution < 1.29 is 4.74 Å². The lowest BCUT2D eigenvalue weighted by molar-refractivity contribution is 0.403. The van der Waals surface area contributed by atoms with Crippen molar-refractivity contribution >= 4 is 0 Å². The molecule has 15 heavy (non-hydrogen) atoms. The van der Waals surface area contributed by atoms with Crippen molar-refractivity contribution in [2.75, 3.05) is 7.11 Å². The van der Waals surface area contributed by atoms with Crippen LogP contribution in [0.3, 0.4) is 0 Å². The van der Waals surface area contributed by atoms with Crippen molar-refractivity contribution in [2.24, 2.45) is 11.7 Å². The van der Waals surface area contributed by atoms with Gasteiger partial charge in [0.15, 0.2) is 0 Å². The molecule has 0 aliphatic heterocycles. The van der Waals surface area contributed by atoms with Crippen molar-refractivity contribution in [1.29, 1.82) is 0 Å². The topological polar surface area (TPSA) is 35.2 Å². The van der Waals surface area contributed by atoms with E-state index in [1.54, 1.807) is 7.11 Å². The van der Waals surface area contributed by atoms with Gasteiger partial charge in [-0.05, 0) is 36.8 Å². The Hall–Kier alpha value is -1.02. The van der Waals surface area contributed by atoms with Gasteiger partial charge >= 0.3 is 0 Å². The first-order chi connectivity index (χ1) is 7.26. The smallest absolute Gasteiger partial charge is 0.123 e. The molecule has 0 heterocycles. The first kappa shape index (κ1) is 10.5. The lowest BCUT2D eigenvalue weighted by atomic mass is 9.99. The van der Waals surface area contributed by atoms with Gasteiger partial charge in [0.05, 0.1) is 7.11 Å². The van der Waals surface area contributed by atoms with Gasteiger partial charge in [0.25, 0.3) is 0 Å². The van der Waals surface area contributed by atoms with Gasteiger partial charge in [-0.1, -0.05) is 19.1 Å². The van der Waals surface area contributed by atoms with E-state index in [0.717, 1.165) is 12.2 Å². The summed E-state index contributed by atoms with van der Waals surface area (Å²) in [7, 11) is 1.71. The van der Waals surface area contributed by atoms with Crippen LogP contribution in [-0.2, 0) is 6.42 Å². The van der Waals surface area contributed by atoms with Crippen molar-refractivity contribution in [2.45, 2.75) is 32.2 Å². The first-order valence-corrected chi connectivity index (χ1v) is 5.68. The molecule has 0 radical (unpaired) electrons. The predicted molar refractivity (Wildman–Crippen MR) is 62.0 cm³/mol. The Morgan fingerprint density at radius 3 is 2.73 bits per heavy atom. The molecule has 1 unspecified atom stereocenters. The number of hydrogen-bond donors (Lipinski definition) is 1. The SMILES string of the molecule is CCc1ccc(OC)c(C(N)C2CC2)c1. The monoisotopic (exact) mass is 205 g/mol. The lowest BCUT2D eigenvalue weighted by Crippen LogP contribution is -2.13. The second kappa shape index (κ2) is 4.23. The molecule has 1 aliphatic carbocycles. The van der Waals surface area contributed by atoms with Gasteiger partial charge in [0, 0.05) is 11.6 Å². The van der Waals surface area contributed by atoms with Crippen LogP contribution in [0.1, 0.15) is 36.9 Å². The molecule has 1 aromatic carbocycles. The normalized spacial score (nSPS) is 17.5. The number of nitrogens with two attached hydrogens (primary N) is 1. The Kier molecular flexibility index (Phi) is 2.96. The third-order valence-corrected chi connectivity index (χ3v) is 3.19. The van der Waals surface area contributed by atoms with Crippen LogP contribution in [0, 0.1) is 5.92 Å². The van der Waals surface area contributed by atoms with Crippen LogP contribution in [0.2, 0.25) is 0 Å². The quantitative estimate of drug-likeness (QED) is 0.820. The summed E-state index contributed by atoms with van der Waals surface area (Å²) < 4.78 is 5.36. The molecule has 1 saturated carbocycles. The number of hydrogen-bond acceptors (Lipinski definition) is 2. The minimum Gasteiger partial charge on any atom is -0.496 e. The Morgan fingerprint density at radius 2 is 2.20 bits per heavy atom. The molecule has 2 nitrogen and oxygen atoms in total. The van der Waals surface area contributed by atoms with Crippen LogP contribution < -0.4 is 10.5 Å². The highest BCUT2D eigenvalue weighted by molar-refractivity contribution is 5.40. The molecule has 2 rings (SSSR count). The molecule has 1 fully saturated rings. The number of benzene rings is 1. The molecule has 2 heteroatoms. The Labute approximate surface area is 91.4 Å². The Balaban J connectivity index is 2.31. The molecule has 0 spiro atoms. The molecular weight excluding hydrogens is 186 g/mol. The average Bonchev–Trinajstić information content (AvgIpc) is 3.11. The molecule has 82 valence electrons. The lowest BCUT2D eigenvalue weighted by Gasteiger charge is -2.16. The van der Waals surface area contributed by atoms with Gasteiger partial charge < -0.3 is 10.5 Å². The zero-order valence-electron chi connectivity index (χ0n) is 9.49. The van der Waals surface area contributed by atoms with Gasteiger partial charge in [-0.25, -0.2) is 0 Å². The van der Waals surface area contributed by atoms with Crippen molar-refractivity contribution in [3.05, 3.63) is 29.3 Å². The van der Waals surface area contributed by atoms with Gasteiger partial charge in [0.2, 0.25) is 0 Å². The van der Waals surface area contributed by atoms with Crippen LogP contribution in [0.4, 0.5) is 0 Å². The van der Waals surface area contributed by atoms with Gasteiger partial charge in [0.1, 0.15) is 5.75 Å². The maximum absolute atomic E-state index is 6.22. The summed E-state index contributed by atoms with van der Waals surface area (Å²) in [5.41, 5.74) is 8.74. The highest BCUT2D eigenvalue weighted by atomic mass is 16.5. The van der Waals surface area contributed by atoms with Crippen LogP contribution in [0.5, 0.6) is 5.75 Å². The maximum atomic E-state index is 6.22. The van der Waals surface area contributed by atoms with Crippen molar-refractivity contribution in [3.8, 4) is 5.75 Å². The van der Waals surface area contributed by atoms with E-state index in [0.29, 0.717) is 5.92 Å². The van der Waals surface area contributed by atoms with E-state index in [1.165, 1.54) is 24.0 Å². The molecule has 2 N–H and O–H groups in total. The van der Waals surface area contributed by atoms with E-state index in [2.05, 4.69) is 19.1 Å². The highest BCUT2D eigenvalue weighted by Crippen LogP contribution is 2.42. The number of rotatable bonds is 4. The maximum Gasteiger partial charge on any atom is 0.123 e. The molecule has 0 saturated heterocycles. The molecule has 0 aromatic heterocycles. The minimum atomic E-state index is 0.159. The van der Waals surface area contributed by atoms with Crippen molar-refractivity contribution in [1.82, 2.24) is 0 Å². The van der Waals surface area contributed by atoms with Crippen LogP contribution >= 0.6 is 0 Å². The van der Waals surface area contributed by atoms with Gasteiger partial charge in [-0.2, -0.15) is 0 Å². The van der Waals surface area contributed by atoms with Crippen LogP contribution in [0.25, 0.3) is 0 Å². The molecule has 0 amide bonds. The van der Waals surface area contributed by atoms with E-state index < -0.39 is 0 Å². The molecule has 1 aromatic rings. The molecular formula is C13H19NO. The third kappa shape index (κ3) is 2.15. The van der Waals surface area contributed by atoms with Gasteiger partial charge in [-0.15, -0.1) is 0 Å². The number of aryl methyl sites for hydroxylation is 1. The Morgan fingerprint density at radius 1 is 1.47 bits per heavy atom. The zero-order chi connectivity index (χ0) is 10.8. The minimum absolute atomic E-state index is 0.159. The summed E-state index contributed by atoms with van der Waals surface area (Å²) in [6.45, 7) is 2.16. The molecule has 0 bridgehead atoms. The van der Waals surface area contributed by atoms with Crippen molar-refractivity contribution in [3.63, 3.8) is 0 Å². The molecule has 1 aliphatic rings. The number of methoxy groups -OCH3 is 1. The highest BCUT2D eigenvalue weighted by Gasteiger charge is 2.31. The van der Waals surface area contributed by atoms with Crippen LogP contribution in [-0.4, -0.2) is 7.11 Å². The fraction of sp³-hybridized carbons (Fsp3) is 0.538. The largest absolute Gasteiger partial charge is 0.496 e. The van der Waals surface area contributed by atoms with E-state index in [4.69, 9.17) is 10.5 Å². The summed E-state index contributed by atoms with van der Waals surface area (Å²) in [5, 5.41) is 0. The number of ether oxygens (including phenoxy) is 1. The summed E-state index contributed by atoms with van der Waals surface area (Å²) in [6, 6.07) is 6.51. The second-order valence-corrected chi connectivity index (χ2v) is 4.29. The summed E-state index contributed by atoms with van der Waals surface area (Å²) in [5.74, 6) is 1.61. The fourth-order valence-corrected chi connectivity index (χ4v) is 1.97. The van der Waals surface area contributed by atoms with E-state index in [1.807, 2.05) is 6.07 Å². The van der Waals surface area contributed by atoms with Crippen LogP contribution in [0.15, 0.2) is 18.2 Å². The van der Waals surface area contributed by atoms with Gasteiger partial charge in [-0.3, -0.25) is 0 Å². The first-order valence-electron chi connectivity index (χ1n) is 5.68. The van der Waals surface area contributed by atoms with E-state index in [-0.39, 0.29) is 6.04 Å². The zero-order valence-corrected chi connectivity index (χ0v) is 9.49. The summed E-state index contributed by atoms with van der Waals surface area (Å²) >= 11 is 0. The Bertz CT molecular complexity index is 344. The standard InChI is InChI=1S/C13H19NO/c1-3-9-4-7-12(15-2)11(8-9)13(14)10-5-6-10/h4,7-8,10,13H,3,5-6,14H2,1-2H3.